The Morgan fingerprint density at radius 2 is 0.936 bits per heavy atom. The SMILES string of the molecule is C=CC(=O)OCC1O[C@@H](O[C@H]2C(C(=O)O)OC(OO[C@H]3C[C@H](NC(C)=O)[C@H](O[C@H]4C(C(=O)O)OC(C)C(O)C4O)OC3COC(=O)CCSCCCCS)C(O)C2O)C(NC(C)=O)C[C@@H]1OOC1OC(C(=O)O)[C@H](OC2O[C@@H](CO)[C@@H](OOC)C[C@@H]2NC(C)=O)C(O)C1O. The molecule has 6 fully saturated rings. The minimum Gasteiger partial charge on any atom is -0.479 e. The molecule has 27 atom stereocenters. The fourth-order valence-electron chi connectivity index (χ4n) is 10.7. The number of carboxylic acids is 3. The van der Waals surface area contributed by atoms with Crippen LogP contribution in [0.15, 0.2) is 12.7 Å². The van der Waals surface area contributed by atoms with Crippen molar-refractivity contribution in [2.45, 2.75) is 232 Å². The molecule has 0 aromatic carbocycles. The molecule has 16 unspecified atom stereocenters. The number of ether oxygens (including phenoxy) is 11. The number of nitrogens with one attached hydrogen (secondary N) is 3. The van der Waals surface area contributed by atoms with Crippen LogP contribution >= 0.6 is 24.4 Å². The molecule has 6 aliphatic heterocycles. The van der Waals surface area contributed by atoms with E-state index in [4.69, 9.17) is 81.4 Å². The molecule has 0 aromatic heterocycles. The number of unbranched alkanes of at least 4 members (excludes halogenated alkanes) is 1. The van der Waals surface area contributed by atoms with E-state index in [-0.39, 0.29) is 12.8 Å². The minimum absolute atomic E-state index is 0.0766. The molecule has 40 heteroatoms. The summed E-state index contributed by atoms with van der Waals surface area (Å²) < 4.78 is 63.0. The van der Waals surface area contributed by atoms with Crippen LogP contribution in [0.1, 0.15) is 66.2 Å². The largest absolute Gasteiger partial charge is 0.479 e. The smallest absolute Gasteiger partial charge is 0.335 e. The second-order valence-electron chi connectivity index (χ2n) is 22.4. The average Bonchev–Trinajstić information content (AvgIpc) is 0.799. The van der Waals surface area contributed by atoms with E-state index in [1.54, 1.807) is 0 Å². The summed E-state index contributed by atoms with van der Waals surface area (Å²) in [4.78, 5) is 133. The lowest BCUT2D eigenvalue weighted by Crippen LogP contribution is -2.65. The number of esters is 2. The van der Waals surface area contributed by atoms with Gasteiger partial charge in [0.05, 0.1) is 44.4 Å². The Kier molecular flexibility index (Phi) is 31.1. The zero-order valence-electron chi connectivity index (χ0n) is 51.4. The van der Waals surface area contributed by atoms with E-state index in [0.29, 0.717) is 11.5 Å². The third kappa shape index (κ3) is 21.4. The Morgan fingerprint density at radius 1 is 0.532 bits per heavy atom. The van der Waals surface area contributed by atoms with Crippen molar-refractivity contribution in [1.82, 2.24) is 16.0 Å². The lowest BCUT2D eigenvalue weighted by molar-refractivity contribution is -0.461. The first-order chi connectivity index (χ1) is 44.6. The molecule has 6 saturated heterocycles. The van der Waals surface area contributed by atoms with Crippen molar-refractivity contribution in [1.29, 1.82) is 0 Å². The molecule has 0 aliphatic carbocycles. The molecule has 6 aliphatic rings. The highest BCUT2D eigenvalue weighted by Gasteiger charge is 2.57. The van der Waals surface area contributed by atoms with Gasteiger partial charge in [0, 0.05) is 51.9 Å². The maximum atomic E-state index is 13.0. The van der Waals surface area contributed by atoms with Gasteiger partial charge >= 0.3 is 29.8 Å². The molecule has 0 bridgehead atoms. The molecule has 13 N–H and O–H groups in total. The molecule has 94 heavy (non-hydrogen) atoms. The van der Waals surface area contributed by atoms with Crippen LogP contribution in [0.4, 0.5) is 0 Å². The zero-order chi connectivity index (χ0) is 69.2. The fraction of sp³-hybridized carbons (Fsp3) is 0.815. The van der Waals surface area contributed by atoms with Gasteiger partial charge in [0.2, 0.25) is 30.3 Å². The average molecular weight is 1400 g/mol. The van der Waals surface area contributed by atoms with Gasteiger partial charge in [-0.05, 0) is 31.3 Å². The van der Waals surface area contributed by atoms with Crippen molar-refractivity contribution < 1.29 is 171 Å². The number of hydrogen-bond donors (Lipinski definition) is 14. The summed E-state index contributed by atoms with van der Waals surface area (Å²) in [6.07, 6.45) is -43.0. The van der Waals surface area contributed by atoms with Gasteiger partial charge in [-0.25, -0.2) is 48.5 Å². The van der Waals surface area contributed by atoms with Gasteiger partial charge in [-0.3, -0.25) is 19.2 Å². The zero-order valence-corrected chi connectivity index (χ0v) is 53.1. The Morgan fingerprint density at radius 3 is 1.33 bits per heavy atom. The Balaban J connectivity index is 1.18. The number of rotatable bonds is 33. The van der Waals surface area contributed by atoms with Gasteiger partial charge in [-0.15, -0.1) is 0 Å². The van der Waals surface area contributed by atoms with Crippen molar-refractivity contribution in [3.05, 3.63) is 12.7 Å². The summed E-state index contributed by atoms with van der Waals surface area (Å²) in [6.45, 7) is 5.78. The van der Waals surface area contributed by atoms with E-state index in [2.05, 4.69) is 35.2 Å². The Labute approximate surface area is 545 Å². The van der Waals surface area contributed by atoms with Gasteiger partial charge < -0.3 is 119 Å². The number of thioether (sulfide) groups is 1. The molecular formula is C54H83N3O35S2. The second kappa shape index (κ2) is 37.3. The number of aliphatic hydroxyl groups excluding tert-OH is 7. The van der Waals surface area contributed by atoms with Crippen LogP contribution in [0.2, 0.25) is 0 Å². The number of aliphatic hydroxyl groups is 7. The van der Waals surface area contributed by atoms with Gasteiger partial charge in [-0.1, -0.05) is 6.58 Å². The second-order valence-corrected chi connectivity index (χ2v) is 24.1. The predicted octanol–water partition coefficient (Wildman–Crippen LogP) is -5.66. The Hall–Kier alpha value is -4.68. The fourth-order valence-corrected chi connectivity index (χ4v) is 11.9. The standard InChI is InChI=1S/C54H83N3O35S2/c1-7-33(62)77-18-31-28(89-91-53-39(68)37(66)42(45(86-53)48(72)73)84-50-24(55-21(3)59)14-27(88-76-6)30(17-58)80-50)15-26(57-23(5)61)52(81-31)85-43-38(67)40(69)54(87-46(43)49(74)75)92-90-29-16-25(56-22(4)60)51(83-41-36(65)35(64)20(2)79-44(41)47(70)71)82-32(29)19-78-34(63)10-13-94-12-9-8-11-93/h7,20,24-32,35-46,50-54,58,64-69,93H,1,8-19H2,2-6H3,(H,55,59)(H,56,60)(H,57,61)(H,70,71)(H,72,73)(H,74,75)/t20?,24-,25-,26?,27-,28-,29-,30-,31?,32?,35?,36?,37?,38?,39?,40?,41+,42+,43+,44?,45?,46?,50?,51-,52-,53?,54?/m0/s1. The quantitative estimate of drug-likeness (QED) is 0.00727. The van der Waals surface area contributed by atoms with Crippen LogP contribution in [0.5, 0.6) is 0 Å². The van der Waals surface area contributed by atoms with Crippen LogP contribution in [-0.4, -0.2) is 308 Å². The predicted molar refractivity (Wildman–Crippen MR) is 306 cm³/mol. The van der Waals surface area contributed by atoms with Gasteiger partial charge in [0.25, 0.3) is 0 Å². The van der Waals surface area contributed by atoms with Crippen LogP contribution in [-0.2, 0) is 120 Å². The van der Waals surface area contributed by atoms with Crippen LogP contribution in [0.25, 0.3) is 0 Å². The van der Waals surface area contributed by atoms with Crippen molar-refractivity contribution >= 4 is 72.0 Å². The number of hydrogen-bond acceptors (Lipinski definition) is 34. The van der Waals surface area contributed by atoms with Gasteiger partial charge in [0.15, 0.2) is 37.2 Å². The molecule has 0 saturated carbocycles. The molecule has 6 rings (SSSR count). The molecule has 536 valence electrons. The number of aliphatic carboxylic acids is 3. The number of carbonyl (C=O) groups excluding carboxylic acids is 5. The number of amides is 3. The van der Waals surface area contributed by atoms with Crippen molar-refractivity contribution in [3.8, 4) is 0 Å². The number of carboxylic acid groups (broad SMARTS) is 3. The summed E-state index contributed by atoms with van der Waals surface area (Å²) in [5, 5.41) is 116. The van der Waals surface area contributed by atoms with E-state index in [0.717, 1.165) is 45.4 Å². The normalized spacial score (nSPS) is 38.5. The lowest BCUT2D eigenvalue weighted by Gasteiger charge is -2.46. The minimum atomic E-state index is -2.34. The van der Waals surface area contributed by atoms with E-state index < -0.39 is 246 Å². The first-order valence-corrected chi connectivity index (χ1v) is 31.4. The van der Waals surface area contributed by atoms with Gasteiger partial charge in [0.1, 0.15) is 105 Å². The molecular weight excluding hydrogens is 1310 g/mol. The topological polar surface area (TPSA) is 532 Å². The van der Waals surface area contributed by atoms with E-state index in [9.17, 15) is 89.4 Å². The molecule has 3 amide bonds. The third-order valence-electron chi connectivity index (χ3n) is 15.4. The van der Waals surface area contributed by atoms with Crippen molar-refractivity contribution in [3.63, 3.8) is 0 Å². The summed E-state index contributed by atoms with van der Waals surface area (Å²) >= 11 is 5.67. The monoisotopic (exact) mass is 1400 g/mol. The van der Waals surface area contributed by atoms with E-state index in [1.165, 1.54) is 25.8 Å². The lowest BCUT2D eigenvalue weighted by atomic mass is 9.94. The summed E-state index contributed by atoms with van der Waals surface area (Å²) in [5.41, 5.74) is 0. The van der Waals surface area contributed by atoms with Crippen molar-refractivity contribution in [2.75, 3.05) is 44.2 Å². The molecule has 6 heterocycles. The first-order valence-electron chi connectivity index (χ1n) is 29.7. The highest BCUT2D eigenvalue weighted by atomic mass is 32.2. The molecule has 0 aromatic rings. The van der Waals surface area contributed by atoms with Crippen molar-refractivity contribution in [2.24, 2.45) is 0 Å². The van der Waals surface area contributed by atoms with Crippen LogP contribution in [0, 0.1) is 0 Å². The molecule has 0 radical (unpaired) electrons. The molecule has 0 spiro atoms. The Bertz CT molecular complexity index is 2520. The molecule has 38 nitrogen and oxygen atoms in total. The van der Waals surface area contributed by atoms with E-state index in [1.807, 2.05) is 0 Å². The summed E-state index contributed by atoms with van der Waals surface area (Å²) in [7, 11) is 1.18. The first kappa shape index (κ1) is 78.3. The number of thiol groups is 1. The van der Waals surface area contributed by atoms with Crippen LogP contribution in [0.3, 0.4) is 0 Å². The highest BCUT2D eigenvalue weighted by Crippen LogP contribution is 2.36. The maximum Gasteiger partial charge on any atom is 0.335 e. The highest BCUT2D eigenvalue weighted by molar-refractivity contribution is 7.99. The summed E-state index contributed by atoms with van der Waals surface area (Å²) in [6, 6.07) is -3.94. The summed E-state index contributed by atoms with van der Waals surface area (Å²) in [5.74, 6) is -7.34. The maximum absolute atomic E-state index is 13.0. The van der Waals surface area contributed by atoms with Crippen LogP contribution < -0.4 is 16.0 Å². The van der Waals surface area contributed by atoms with Gasteiger partial charge in [-0.2, -0.15) is 24.4 Å². The van der Waals surface area contributed by atoms with E-state index >= 15 is 0 Å². The third-order valence-corrected chi connectivity index (χ3v) is 16.7. The number of carbonyl (C=O) groups is 8.